The van der Waals surface area contributed by atoms with Crippen molar-refractivity contribution in [3.05, 3.63) is 71.0 Å². The van der Waals surface area contributed by atoms with Crippen LogP contribution >= 0.6 is 0 Å². The van der Waals surface area contributed by atoms with Gasteiger partial charge in [0, 0.05) is 23.2 Å². The van der Waals surface area contributed by atoms with E-state index < -0.39 is 5.82 Å². The van der Waals surface area contributed by atoms with E-state index in [1.165, 1.54) is 12.1 Å². The molecule has 0 aliphatic heterocycles. The van der Waals surface area contributed by atoms with E-state index in [0.29, 0.717) is 11.1 Å². The number of amidine groups is 1. The smallest absolute Gasteiger partial charge is 0.251 e. The fourth-order valence-corrected chi connectivity index (χ4v) is 1.77. The van der Waals surface area contributed by atoms with E-state index in [0.717, 1.165) is 6.07 Å². The van der Waals surface area contributed by atoms with E-state index in [1.807, 2.05) is 6.07 Å². The molecule has 2 aromatic rings. The molecule has 21 heavy (non-hydrogen) atoms. The molecular weight excluding hydrogens is 273 g/mol. The molecule has 0 heterocycles. The zero-order chi connectivity index (χ0) is 15.2. The number of benzene rings is 2. The normalized spacial score (nSPS) is 11.2. The lowest BCUT2D eigenvalue weighted by molar-refractivity contribution is 0.0950. The summed E-state index contributed by atoms with van der Waals surface area (Å²) in [4.78, 5) is 11.8. The van der Waals surface area contributed by atoms with E-state index in [4.69, 9.17) is 10.9 Å². The summed E-state index contributed by atoms with van der Waals surface area (Å²) in [6.07, 6.45) is 0. The summed E-state index contributed by atoms with van der Waals surface area (Å²) in [7, 11) is 0. The van der Waals surface area contributed by atoms with Gasteiger partial charge in [-0.3, -0.25) is 4.79 Å². The van der Waals surface area contributed by atoms with Gasteiger partial charge in [0.2, 0.25) is 0 Å². The molecular formula is C15H14FN3O2. The second-order valence-corrected chi connectivity index (χ2v) is 4.34. The van der Waals surface area contributed by atoms with Gasteiger partial charge in [-0.2, -0.15) is 0 Å². The van der Waals surface area contributed by atoms with Crippen LogP contribution in [-0.2, 0) is 6.54 Å². The van der Waals surface area contributed by atoms with Crippen molar-refractivity contribution in [2.75, 3.05) is 0 Å². The number of hydrogen-bond donors (Lipinski definition) is 3. The van der Waals surface area contributed by atoms with Gasteiger partial charge in [-0.1, -0.05) is 35.5 Å². The molecule has 0 fully saturated rings. The standard InChI is InChI=1S/C15H14FN3O2/c16-13-8-11(14(17)19-21)6-7-12(13)9-18-15(20)10-4-2-1-3-5-10/h1-8,21H,9H2,(H2,17,19)(H,18,20). The Kier molecular flexibility index (Phi) is 4.50. The third kappa shape index (κ3) is 3.56. The monoisotopic (exact) mass is 287 g/mol. The number of nitrogens with zero attached hydrogens (tertiary/aromatic N) is 1. The summed E-state index contributed by atoms with van der Waals surface area (Å²) >= 11 is 0. The van der Waals surface area contributed by atoms with Gasteiger partial charge in [-0.05, 0) is 18.2 Å². The zero-order valence-corrected chi connectivity index (χ0v) is 11.1. The van der Waals surface area contributed by atoms with E-state index in [2.05, 4.69) is 10.5 Å². The van der Waals surface area contributed by atoms with Crippen LogP contribution in [0.5, 0.6) is 0 Å². The molecule has 1 amide bonds. The molecule has 0 radical (unpaired) electrons. The molecule has 0 aliphatic rings. The van der Waals surface area contributed by atoms with Crippen LogP contribution in [0.3, 0.4) is 0 Å². The van der Waals surface area contributed by atoms with Gasteiger partial charge in [-0.25, -0.2) is 4.39 Å². The number of carbonyl (C=O) groups is 1. The van der Waals surface area contributed by atoms with Gasteiger partial charge < -0.3 is 16.3 Å². The van der Waals surface area contributed by atoms with Gasteiger partial charge in [0.1, 0.15) is 5.82 Å². The highest BCUT2D eigenvalue weighted by Crippen LogP contribution is 2.11. The van der Waals surface area contributed by atoms with Gasteiger partial charge in [0.05, 0.1) is 0 Å². The lowest BCUT2D eigenvalue weighted by atomic mass is 10.1. The van der Waals surface area contributed by atoms with Crippen molar-refractivity contribution in [1.29, 1.82) is 0 Å². The number of oxime groups is 1. The summed E-state index contributed by atoms with van der Waals surface area (Å²) < 4.78 is 13.9. The van der Waals surface area contributed by atoms with Crippen LogP contribution in [0.15, 0.2) is 53.7 Å². The quantitative estimate of drug-likeness (QED) is 0.347. The third-order valence-electron chi connectivity index (χ3n) is 2.93. The molecule has 0 saturated heterocycles. The molecule has 2 aromatic carbocycles. The van der Waals surface area contributed by atoms with E-state index >= 15 is 0 Å². The number of hydrogen-bond acceptors (Lipinski definition) is 3. The first kappa shape index (κ1) is 14.5. The fraction of sp³-hybridized carbons (Fsp3) is 0.0667. The minimum absolute atomic E-state index is 0.0516. The Labute approximate surface area is 120 Å². The summed E-state index contributed by atoms with van der Waals surface area (Å²) in [6, 6.07) is 12.8. The lowest BCUT2D eigenvalue weighted by Gasteiger charge is -2.07. The Bertz CT molecular complexity index is 672. The number of carbonyl (C=O) groups excluding carboxylic acids is 1. The van der Waals surface area contributed by atoms with Crippen molar-refractivity contribution in [2.24, 2.45) is 10.9 Å². The average molecular weight is 287 g/mol. The third-order valence-corrected chi connectivity index (χ3v) is 2.93. The maximum absolute atomic E-state index is 13.9. The summed E-state index contributed by atoms with van der Waals surface area (Å²) in [5.74, 6) is -0.989. The summed E-state index contributed by atoms with van der Waals surface area (Å²) in [5.41, 5.74) is 6.47. The minimum atomic E-state index is -0.535. The Balaban J connectivity index is 2.06. The van der Waals surface area contributed by atoms with Crippen LogP contribution in [0.25, 0.3) is 0 Å². The van der Waals surface area contributed by atoms with Crippen LogP contribution in [0.1, 0.15) is 21.5 Å². The molecule has 2 rings (SSSR count). The maximum atomic E-state index is 13.9. The molecule has 0 atom stereocenters. The predicted molar refractivity (Wildman–Crippen MR) is 76.5 cm³/mol. The molecule has 6 heteroatoms. The second kappa shape index (κ2) is 6.51. The van der Waals surface area contributed by atoms with Gasteiger partial charge in [0.25, 0.3) is 5.91 Å². The van der Waals surface area contributed by atoms with Crippen molar-refractivity contribution in [3.63, 3.8) is 0 Å². The average Bonchev–Trinajstić information content (AvgIpc) is 2.53. The van der Waals surface area contributed by atoms with Gasteiger partial charge in [0.15, 0.2) is 5.84 Å². The first-order valence-electron chi connectivity index (χ1n) is 6.21. The first-order chi connectivity index (χ1) is 10.1. The second-order valence-electron chi connectivity index (χ2n) is 4.34. The summed E-state index contributed by atoms with van der Waals surface area (Å²) in [6.45, 7) is 0.0516. The maximum Gasteiger partial charge on any atom is 0.251 e. The van der Waals surface area contributed by atoms with Crippen molar-refractivity contribution in [3.8, 4) is 0 Å². The molecule has 0 aliphatic carbocycles. The Morgan fingerprint density at radius 3 is 2.52 bits per heavy atom. The molecule has 0 unspecified atom stereocenters. The highest BCUT2D eigenvalue weighted by atomic mass is 19.1. The van der Waals surface area contributed by atoms with Crippen LogP contribution in [-0.4, -0.2) is 17.0 Å². The molecule has 5 nitrogen and oxygen atoms in total. The van der Waals surface area contributed by atoms with Crippen LogP contribution in [0, 0.1) is 5.82 Å². The Morgan fingerprint density at radius 1 is 1.19 bits per heavy atom. The SMILES string of the molecule is NC(=NO)c1ccc(CNC(=O)c2ccccc2)c(F)c1. The molecule has 0 bridgehead atoms. The highest BCUT2D eigenvalue weighted by molar-refractivity contribution is 5.97. The number of halogens is 1. The van der Waals surface area contributed by atoms with Crippen molar-refractivity contribution in [1.82, 2.24) is 5.32 Å². The van der Waals surface area contributed by atoms with Crippen LogP contribution in [0.4, 0.5) is 4.39 Å². The Hall–Kier alpha value is -2.89. The highest BCUT2D eigenvalue weighted by Gasteiger charge is 2.09. The molecule has 0 aromatic heterocycles. The predicted octanol–water partition coefficient (Wildman–Crippen LogP) is 1.85. The zero-order valence-electron chi connectivity index (χ0n) is 11.1. The first-order valence-corrected chi connectivity index (χ1v) is 6.21. The fourth-order valence-electron chi connectivity index (χ4n) is 1.77. The molecule has 0 spiro atoms. The minimum Gasteiger partial charge on any atom is -0.409 e. The van der Waals surface area contributed by atoms with Crippen molar-refractivity contribution >= 4 is 11.7 Å². The topological polar surface area (TPSA) is 87.7 Å². The van der Waals surface area contributed by atoms with Crippen molar-refractivity contribution in [2.45, 2.75) is 6.54 Å². The van der Waals surface area contributed by atoms with E-state index in [1.54, 1.807) is 24.3 Å². The molecule has 108 valence electrons. The number of nitrogens with one attached hydrogen (secondary N) is 1. The van der Waals surface area contributed by atoms with E-state index in [9.17, 15) is 9.18 Å². The Morgan fingerprint density at radius 2 is 1.90 bits per heavy atom. The number of amides is 1. The van der Waals surface area contributed by atoms with Crippen molar-refractivity contribution < 1.29 is 14.4 Å². The van der Waals surface area contributed by atoms with E-state index in [-0.39, 0.29) is 23.9 Å². The van der Waals surface area contributed by atoms with Crippen LogP contribution < -0.4 is 11.1 Å². The number of nitrogens with two attached hydrogens (primary N) is 1. The lowest BCUT2D eigenvalue weighted by Crippen LogP contribution is -2.23. The molecule has 0 saturated carbocycles. The van der Waals surface area contributed by atoms with Gasteiger partial charge in [-0.15, -0.1) is 0 Å². The number of rotatable bonds is 4. The van der Waals surface area contributed by atoms with Gasteiger partial charge >= 0.3 is 0 Å². The van der Waals surface area contributed by atoms with Crippen LogP contribution in [0.2, 0.25) is 0 Å². The summed E-state index contributed by atoms with van der Waals surface area (Å²) in [5, 5.41) is 14.0. The molecule has 4 N–H and O–H groups in total. The largest absolute Gasteiger partial charge is 0.409 e.